The van der Waals surface area contributed by atoms with E-state index in [-0.39, 0.29) is 11.1 Å². The van der Waals surface area contributed by atoms with Gasteiger partial charge in [-0.15, -0.1) is 0 Å². The second kappa shape index (κ2) is 6.66. The Balaban J connectivity index is 1.57. The molecule has 22 heavy (non-hydrogen) atoms. The second-order valence-corrected chi connectivity index (χ2v) is 5.18. The second-order valence-electron chi connectivity index (χ2n) is 4.83. The third-order valence-corrected chi connectivity index (χ3v) is 3.61. The van der Waals surface area contributed by atoms with Gasteiger partial charge in [-0.3, -0.25) is 4.79 Å². The Bertz CT molecular complexity index is 691. The number of pyridine rings is 1. The van der Waals surface area contributed by atoms with E-state index in [1.807, 2.05) is 18.2 Å². The minimum absolute atomic E-state index is 0.208. The average molecular weight is 319 g/mol. The Labute approximate surface area is 133 Å². The van der Waals surface area contributed by atoms with Crippen molar-refractivity contribution in [3.8, 4) is 11.5 Å². The maximum Gasteiger partial charge on any atom is 0.254 e. The van der Waals surface area contributed by atoms with Crippen molar-refractivity contribution >= 4 is 17.5 Å². The van der Waals surface area contributed by atoms with Crippen LogP contribution >= 0.6 is 11.6 Å². The average Bonchev–Trinajstić information content (AvgIpc) is 2.55. The molecule has 0 atom stereocenters. The van der Waals surface area contributed by atoms with Gasteiger partial charge in [0, 0.05) is 12.7 Å². The molecule has 2 aromatic rings. The monoisotopic (exact) mass is 318 g/mol. The van der Waals surface area contributed by atoms with E-state index in [0.29, 0.717) is 31.7 Å². The lowest BCUT2D eigenvalue weighted by Crippen LogP contribution is -2.26. The van der Waals surface area contributed by atoms with E-state index in [1.54, 1.807) is 18.3 Å². The van der Waals surface area contributed by atoms with Crippen molar-refractivity contribution in [1.82, 2.24) is 10.3 Å². The summed E-state index contributed by atoms with van der Waals surface area (Å²) < 4.78 is 11.0. The lowest BCUT2D eigenvalue weighted by atomic mass is 10.1. The van der Waals surface area contributed by atoms with Gasteiger partial charge < -0.3 is 14.8 Å². The third-order valence-electron chi connectivity index (χ3n) is 3.31. The number of nitrogens with zero attached hydrogens (tertiary/aromatic N) is 1. The summed E-state index contributed by atoms with van der Waals surface area (Å²) in [6.07, 6.45) is 2.24. The van der Waals surface area contributed by atoms with E-state index in [0.717, 1.165) is 17.1 Å². The highest BCUT2D eigenvalue weighted by atomic mass is 35.5. The molecular formula is C16H15ClN2O3. The summed E-state index contributed by atoms with van der Waals surface area (Å²) in [5, 5.41) is 3.04. The Morgan fingerprint density at radius 1 is 1.23 bits per heavy atom. The molecule has 3 rings (SSSR count). The van der Waals surface area contributed by atoms with Gasteiger partial charge in [-0.25, -0.2) is 4.98 Å². The number of benzene rings is 1. The van der Waals surface area contributed by atoms with Gasteiger partial charge in [0.15, 0.2) is 11.5 Å². The molecule has 1 aliphatic heterocycles. The van der Waals surface area contributed by atoms with E-state index in [9.17, 15) is 4.79 Å². The van der Waals surface area contributed by atoms with Crippen molar-refractivity contribution in [3.63, 3.8) is 0 Å². The molecule has 1 amide bonds. The van der Waals surface area contributed by atoms with Crippen LogP contribution in [0.5, 0.6) is 11.5 Å². The molecule has 1 aromatic carbocycles. The summed E-state index contributed by atoms with van der Waals surface area (Å²) in [6, 6.07) is 9.13. The zero-order valence-electron chi connectivity index (χ0n) is 11.8. The van der Waals surface area contributed by atoms with Crippen molar-refractivity contribution in [2.75, 3.05) is 19.8 Å². The molecule has 0 fully saturated rings. The van der Waals surface area contributed by atoms with Crippen molar-refractivity contribution in [3.05, 3.63) is 52.8 Å². The largest absolute Gasteiger partial charge is 0.486 e. The van der Waals surface area contributed by atoms with Crippen molar-refractivity contribution in [2.24, 2.45) is 0 Å². The van der Waals surface area contributed by atoms with Crippen LogP contribution in [0.3, 0.4) is 0 Å². The van der Waals surface area contributed by atoms with E-state index < -0.39 is 0 Å². The van der Waals surface area contributed by atoms with E-state index in [4.69, 9.17) is 21.1 Å². The van der Waals surface area contributed by atoms with Crippen LogP contribution in [0, 0.1) is 0 Å². The first-order valence-electron chi connectivity index (χ1n) is 7.01. The molecule has 0 bridgehead atoms. The minimum Gasteiger partial charge on any atom is -0.486 e. The van der Waals surface area contributed by atoms with Crippen LogP contribution < -0.4 is 14.8 Å². The Kier molecular flexibility index (Phi) is 4.44. The Hall–Kier alpha value is -2.27. The van der Waals surface area contributed by atoms with E-state index in [1.165, 1.54) is 0 Å². The molecule has 1 aromatic heterocycles. The topological polar surface area (TPSA) is 60.5 Å². The summed E-state index contributed by atoms with van der Waals surface area (Å²) in [5.41, 5.74) is 1.45. The smallest absolute Gasteiger partial charge is 0.254 e. The van der Waals surface area contributed by atoms with Gasteiger partial charge in [-0.1, -0.05) is 17.7 Å². The lowest BCUT2D eigenvalue weighted by molar-refractivity contribution is 0.0954. The van der Waals surface area contributed by atoms with Crippen molar-refractivity contribution in [1.29, 1.82) is 0 Å². The molecule has 0 saturated heterocycles. The summed E-state index contributed by atoms with van der Waals surface area (Å²) in [4.78, 5) is 15.9. The van der Waals surface area contributed by atoms with Gasteiger partial charge in [0.1, 0.15) is 18.4 Å². The van der Waals surface area contributed by atoms with Gasteiger partial charge in [0.25, 0.3) is 5.91 Å². The number of halogens is 1. The van der Waals surface area contributed by atoms with Crippen LogP contribution in [0.1, 0.15) is 15.9 Å². The number of nitrogens with one attached hydrogen (secondary N) is 1. The maximum absolute atomic E-state index is 12.0. The molecule has 1 N–H and O–H groups in total. The van der Waals surface area contributed by atoms with Crippen LogP contribution in [0.25, 0.3) is 0 Å². The zero-order valence-corrected chi connectivity index (χ0v) is 12.6. The molecule has 6 heteroatoms. The van der Waals surface area contributed by atoms with Gasteiger partial charge in [-0.05, 0) is 36.2 Å². The number of hydrogen-bond donors (Lipinski definition) is 1. The molecule has 5 nitrogen and oxygen atoms in total. The summed E-state index contributed by atoms with van der Waals surface area (Å²) in [5.74, 6) is 1.29. The number of carbonyl (C=O) groups is 1. The van der Waals surface area contributed by atoms with Crippen molar-refractivity contribution < 1.29 is 14.3 Å². The minimum atomic E-state index is -0.226. The quantitative estimate of drug-likeness (QED) is 0.880. The number of fused-ring (bicyclic) bond motifs is 1. The molecule has 1 aliphatic rings. The number of aromatic nitrogens is 1. The first-order valence-corrected chi connectivity index (χ1v) is 7.39. The fourth-order valence-corrected chi connectivity index (χ4v) is 2.42. The van der Waals surface area contributed by atoms with Gasteiger partial charge in [0.05, 0.1) is 5.56 Å². The molecule has 0 saturated carbocycles. The first-order chi connectivity index (χ1) is 10.7. The Morgan fingerprint density at radius 2 is 2.05 bits per heavy atom. The van der Waals surface area contributed by atoms with Gasteiger partial charge in [0.2, 0.25) is 0 Å². The highest BCUT2D eigenvalue weighted by molar-refractivity contribution is 6.32. The molecule has 0 radical (unpaired) electrons. The Morgan fingerprint density at radius 3 is 2.86 bits per heavy atom. The van der Waals surface area contributed by atoms with Crippen LogP contribution in [0.15, 0.2) is 36.5 Å². The molecule has 114 valence electrons. The standard InChI is InChI=1S/C16H15ClN2O3/c17-15-12(2-1-6-18-15)16(20)19-7-5-11-3-4-13-14(10-11)22-9-8-21-13/h1-4,6,10H,5,7-9H2,(H,19,20). The van der Waals surface area contributed by atoms with Crippen LogP contribution in [0.4, 0.5) is 0 Å². The summed E-state index contributed by atoms with van der Waals surface area (Å²) in [6.45, 7) is 1.64. The van der Waals surface area contributed by atoms with Crippen LogP contribution in [0.2, 0.25) is 5.15 Å². The lowest BCUT2D eigenvalue weighted by Gasteiger charge is -2.18. The molecule has 0 spiro atoms. The fourth-order valence-electron chi connectivity index (χ4n) is 2.21. The molecular weight excluding hydrogens is 304 g/mol. The van der Waals surface area contributed by atoms with Crippen molar-refractivity contribution in [2.45, 2.75) is 6.42 Å². The highest BCUT2D eigenvalue weighted by Crippen LogP contribution is 2.30. The number of carbonyl (C=O) groups excluding carboxylic acids is 1. The third kappa shape index (κ3) is 3.31. The summed E-state index contributed by atoms with van der Waals surface area (Å²) in [7, 11) is 0. The number of amides is 1. The van der Waals surface area contributed by atoms with E-state index in [2.05, 4.69) is 10.3 Å². The summed E-state index contributed by atoms with van der Waals surface area (Å²) >= 11 is 5.89. The SMILES string of the molecule is O=C(NCCc1ccc2c(c1)OCCO2)c1cccnc1Cl. The zero-order chi connectivity index (χ0) is 15.4. The molecule has 0 aliphatic carbocycles. The number of rotatable bonds is 4. The molecule has 2 heterocycles. The van der Waals surface area contributed by atoms with Crippen LogP contribution in [-0.2, 0) is 6.42 Å². The van der Waals surface area contributed by atoms with Crippen LogP contribution in [-0.4, -0.2) is 30.6 Å². The van der Waals surface area contributed by atoms with E-state index >= 15 is 0 Å². The first kappa shape index (κ1) is 14.7. The predicted molar refractivity (Wildman–Crippen MR) is 82.7 cm³/mol. The fraction of sp³-hybridized carbons (Fsp3) is 0.250. The predicted octanol–water partition coefficient (Wildman–Crippen LogP) is 2.48. The molecule has 0 unspecified atom stereocenters. The van der Waals surface area contributed by atoms with Gasteiger partial charge in [-0.2, -0.15) is 0 Å². The number of hydrogen-bond acceptors (Lipinski definition) is 4. The van der Waals surface area contributed by atoms with Gasteiger partial charge >= 0.3 is 0 Å². The number of ether oxygens (including phenoxy) is 2. The highest BCUT2D eigenvalue weighted by Gasteiger charge is 2.12. The maximum atomic E-state index is 12.0. The normalized spacial score (nSPS) is 12.8.